The van der Waals surface area contributed by atoms with Crippen molar-refractivity contribution < 1.29 is 9.75 Å². The predicted molar refractivity (Wildman–Crippen MR) is 47.7 cm³/mol. The van der Waals surface area contributed by atoms with Crippen LogP contribution in [0.15, 0.2) is 0 Å². The Hall–Kier alpha value is -0.160. The molecule has 4 nitrogen and oxygen atoms in total. The Balaban J connectivity index is 1.96. The number of hydroxylamine groups is 3. The number of quaternary nitrogens is 1. The molecule has 0 radical (unpaired) electrons. The van der Waals surface area contributed by atoms with Crippen molar-refractivity contribution in [3.8, 4) is 0 Å². The molecule has 4 heteroatoms. The average Bonchev–Trinajstić information content (AvgIpc) is 2.26. The van der Waals surface area contributed by atoms with Crippen molar-refractivity contribution in [2.24, 2.45) is 11.8 Å². The summed E-state index contributed by atoms with van der Waals surface area (Å²) in [6, 6.07) is 0. The van der Waals surface area contributed by atoms with Crippen molar-refractivity contribution in [3.05, 3.63) is 5.21 Å². The van der Waals surface area contributed by atoms with Gasteiger partial charge in [0.25, 0.3) is 0 Å². The molecule has 4 saturated heterocycles. The number of piperidine rings is 2. The summed E-state index contributed by atoms with van der Waals surface area (Å²) in [5.74, 6) is 0.486. The second-order valence-electron chi connectivity index (χ2n) is 4.92. The minimum absolute atomic E-state index is 0.0388. The first kappa shape index (κ1) is 8.17. The number of nitrogens with zero attached hydrogens (tertiary/aromatic N) is 2. The summed E-state index contributed by atoms with van der Waals surface area (Å²) in [5.41, 5.74) is 0. The van der Waals surface area contributed by atoms with Gasteiger partial charge in [0.05, 0.1) is 25.7 Å². The Labute approximate surface area is 77.9 Å². The monoisotopic (exact) mass is 184 g/mol. The molecule has 0 amide bonds. The van der Waals surface area contributed by atoms with E-state index >= 15 is 0 Å². The number of hydrogen-bond donors (Lipinski definition) is 1. The molecule has 0 aliphatic carbocycles. The normalized spacial score (nSPS) is 59.5. The first-order valence-electron chi connectivity index (χ1n) is 5.14. The summed E-state index contributed by atoms with van der Waals surface area (Å²) < 4.78 is -0.0388. The highest BCUT2D eigenvalue weighted by Crippen LogP contribution is 2.35. The van der Waals surface area contributed by atoms with E-state index < -0.39 is 0 Å². The lowest BCUT2D eigenvalue weighted by Gasteiger charge is -2.52. The molecule has 0 saturated carbocycles. The molecule has 13 heavy (non-hydrogen) atoms. The van der Waals surface area contributed by atoms with Gasteiger partial charge in [-0.15, -0.1) is 0 Å². The Bertz CT molecular complexity index is 218. The minimum atomic E-state index is -0.199. The topological polar surface area (TPSA) is 46.5 Å². The maximum Gasteiger partial charge on any atom is 0.0913 e. The summed E-state index contributed by atoms with van der Waals surface area (Å²) >= 11 is 0. The molecule has 1 N–H and O–H groups in total. The lowest BCUT2D eigenvalue weighted by molar-refractivity contribution is -0.890. The van der Waals surface area contributed by atoms with Crippen molar-refractivity contribution in [2.45, 2.75) is 6.10 Å². The van der Waals surface area contributed by atoms with E-state index in [1.54, 1.807) is 0 Å². The van der Waals surface area contributed by atoms with Crippen molar-refractivity contribution >= 4 is 0 Å². The smallest absolute Gasteiger partial charge is 0.0913 e. The van der Waals surface area contributed by atoms with Crippen molar-refractivity contribution in [1.82, 2.24) is 4.90 Å². The van der Waals surface area contributed by atoms with Crippen LogP contribution in [-0.4, -0.2) is 60.0 Å². The van der Waals surface area contributed by atoms with Crippen LogP contribution in [0.5, 0.6) is 0 Å². The number of fused-ring (bicyclic) bond motifs is 1. The van der Waals surface area contributed by atoms with E-state index in [2.05, 4.69) is 4.90 Å². The van der Waals surface area contributed by atoms with Crippen LogP contribution in [0.1, 0.15) is 0 Å². The van der Waals surface area contributed by atoms with E-state index in [0.717, 1.165) is 26.2 Å². The predicted octanol–water partition coefficient (Wildman–Crippen LogP) is -0.763. The first-order valence-corrected chi connectivity index (χ1v) is 5.14. The lowest BCUT2D eigenvalue weighted by Crippen LogP contribution is -2.61. The number of aliphatic hydroxyl groups is 1. The summed E-state index contributed by atoms with van der Waals surface area (Å²) in [6.07, 6.45) is -0.199. The molecule has 0 aromatic heterocycles. The number of rotatable bonds is 0. The largest absolute Gasteiger partial charge is 0.633 e. The third-order valence-electron chi connectivity index (χ3n) is 3.91. The van der Waals surface area contributed by atoms with Gasteiger partial charge in [0.2, 0.25) is 0 Å². The highest BCUT2D eigenvalue weighted by Gasteiger charge is 2.48. The molecule has 4 rings (SSSR count). The Kier molecular flexibility index (Phi) is 1.54. The second kappa shape index (κ2) is 2.45. The van der Waals surface area contributed by atoms with E-state index in [9.17, 15) is 10.3 Å². The van der Waals surface area contributed by atoms with Crippen molar-refractivity contribution in [2.75, 3.05) is 39.3 Å². The van der Waals surface area contributed by atoms with Crippen LogP contribution in [0.25, 0.3) is 0 Å². The Morgan fingerprint density at radius 2 is 1.85 bits per heavy atom. The first-order chi connectivity index (χ1) is 6.16. The van der Waals surface area contributed by atoms with Gasteiger partial charge in [-0.1, -0.05) is 0 Å². The third-order valence-corrected chi connectivity index (χ3v) is 3.91. The van der Waals surface area contributed by atoms with Gasteiger partial charge in [-0.2, -0.15) is 0 Å². The molecule has 4 heterocycles. The molecule has 2 unspecified atom stereocenters. The molecule has 4 bridgehead atoms. The van der Waals surface area contributed by atoms with E-state index in [4.69, 9.17) is 0 Å². The summed E-state index contributed by atoms with van der Waals surface area (Å²) in [7, 11) is 0. The van der Waals surface area contributed by atoms with Crippen LogP contribution in [-0.2, 0) is 0 Å². The van der Waals surface area contributed by atoms with Crippen molar-refractivity contribution in [1.29, 1.82) is 0 Å². The van der Waals surface area contributed by atoms with Gasteiger partial charge in [-0.3, -0.25) is 4.90 Å². The fourth-order valence-electron chi connectivity index (χ4n) is 3.29. The molecule has 2 atom stereocenters. The maximum absolute atomic E-state index is 12.2. The van der Waals surface area contributed by atoms with Crippen LogP contribution in [0.2, 0.25) is 0 Å². The molecule has 0 spiro atoms. The zero-order valence-corrected chi connectivity index (χ0v) is 7.72. The molecular formula is C9H16N2O2. The zero-order chi connectivity index (χ0) is 9.05. The SMILES string of the molecule is [O-][N+]12CCN3CC(C1)C(O)C(C3)C2. The maximum atomic E-state index is 12.2. The quantitative estimate of drug-likeness (QED) is 0.397. The van der Waals surface area contributed by atoms with Crippen LogP contribution in [0.4, 0.5) is 0 Å². The van der Waals surface area contributed by atoms with Crippen LogP contribution in [0.3, 0.4) is 0 Å². The zero-order valence-electron chi connectivity index (χ0n) is 7.72. The third kappa shape index (κ3) is 1.13. The number of aliphatic hydroxyl groups excluding tert-OH is 1. The fraction of sp³-hybridized carbons (Fsp3) is 1.00. The molecule has 4 aliphatic rings. The fourth-order valence-corrected chi connectivity index (χ4v) is 3.29. The van der Waals surface area contributed by atoms with Gasteiger partial charge in [-0.25, -0.2) is 0 Å². The summed E-state index contributed by atoms with van der Waals surface area (Å²) in [6.45, 7) is 4.85. The molecule has 0 aromatic carbocycles. The molecule has 4 aliphatic heterocycles. The highest BCUT2D eigenvalue weighted by atomic mass is 16.5. The van der Waals surface area contributed by atoms with Crippen LogP contribution in [0, 0.1) is 17.0 Å². The van der Waals surface area contributed by atoms with Gasteiger partial charge in [0.1, 0.15) is 0 Å². The number of hydrogen-bond acceptors (Lipinski definition) is 3. The average molecular weight is 184 g/mol. The Morgan fingerprint density at radius 3 is 2.46 bits per heavy atom. The van der Waals surface area contributed by atoms with Gasteiger partial charge in [0.15, 0.2) is 0 Å². The van der Waals surface area contributed by atoms with Crippen LogP contribution >= 0.6 is 0 Å². The van der Waals surface area contributed by atoms with Gasteiger partial charge >= 0.3 is 0 Å². The second-order valence-corrected chi connectivity index (χ2v) is 4.92. The molecule has 74 valence electrons. The van der Waals surface area contributed by atoms with Crippen LogP contribution < -0.4 is 0 Å². The standard InChI is InChI=1S/C9H16N2O2/c12-9-7-3-10-1-2-11(13,5-7)6-8(9)4-10/h7-9,12H,1-6H2. The van der Waals surface area contributed by atoms with Gasteiger partial charge < -0.3 is 15.0 Å². The van der Waals surface area contributed by atoms with Gasteiger partial charge in [-0.05, 0) is 0 Å². The van der Waals surface area contributed by atoms with E-state index in [-0.39, 0.29) is 22.6 Å². The van der Waals surface area contributed by atoms with E-state index in [1.165, 1.54) is 0 Å². The molecule has 4 fully saturated rings. The van der Waals surface area contributed by atoms with E-state index in [0.29, 0.717) is 13.1 Å². The van der Waals surface area contributed by atoms with Gasteiger partial charge in [0, 0.05) is 31.5 Å². The molecule has 0 aromatic rings. The van der Waals surface area contributed by atoms with Crippen molar-refractivity contribution in [3.63, 3.8) is 0 Å². The Morgan fingerprint density at radius 1 is 1.23 bits per heavy atom. The molecular weight excluding hydrogens is 168 g/mol. The van der Waals surface area contributed by atoms with E-state index in [1.807, 2.05) is 0 Å². The minimum Gasteiger partial charge on any atom is -0.633 e. The highest BCUT2D eigenvalue weighted by molar-refractivity contribution is 4.92. The summed E-state index contributed by atoms with van der Waals surface area (Å²) in [5, 5.41) is 22.0. The lowest BCUT2D eigenvalue weighted by atomic mass is 9.82. The summed E-state index contributed by atoms with van der Waals surface area (Å²) in [4.78, 5) is 2.35.